The topological polar surface area (TPSA) is 24.9 Å². The molecule has 1 unspecified atom stereocenters. The molecule has 2 heterocycles. The van der Waals surface area contributed by atoms with Gasteiger partial charge in [-0.05, 0) is 42.5 Å². The molecule has 2 aromatic rings. The lowest BCUT2D eigenvalue weighted by atomic mass is 9.92. The second-order valence-corrected chi connectivity index (χ2v) is 6.14. The maximum Gasteiger partial charge on any atom is 0.0720 e. The Balaban J connectivity index is 1.93. The number of hydrogen-bond acceptors (Lipinski definition) is 2. The predicted octanol–water partition coefficient (Wildman–Crippen LogP) is 3.53. The van der Waals surface area contributed by atoms with Gasteiger partial charge in [-0.15, -0.1) is 0 Å². The van der Waals surface area contributed by atoms with Gasteiger partial charge in [0.25, 0.3) is 0 Å². The summed E-state index contributed by atoms with van der Waals surface area (Å²) in [6, 6.07) is 8.30. The maximum absolute atomic E-state index is 6.33. The summed E-state index contributed by atoms with van der Waals surface area (Å²) >= 11 is 6.33. The van der Waals surface area contributed by atoms with Gasteiger partial charge >= 0.3 is 0 Å². The van der Waals surface area contributed by atoms with Gasteiger partial charge in [-0.3, -0.25) is 4.98 Å². The molecule has 0 saturated heterocycles. The average Bonchev–Trinajstić information content (AvgIpc) is 3.23. The maximum atomic E-state index is 6.33. The number of benzene rings is 1. The summed E-state index contributed by atoms with van der Waals surface area (Å²) in [5.74, 6) is 1.48. The Labute approximate surface area is 118 Å². The zero-order valence-electron chi connectivity index (χ0n) is 10.8. The lowest BCUT2D eigenvalue weighted by Crippen LogP contribution is -2.21. The number of nitrogens with zero attached hydrogens (tertiary/aromatic N) is 1. The smallest absolute Gasteiger partial charge is 0.0720 e. The van der Waals surface area contributed by atoms with Crippen molar-refractivity contribution in [1.82, 2.24) is 10.3 Å². The Kier molecular flexibility index (Phi) is 2.75. The lowest BCUT2D eigenvalue weighted by Gasteiger charge is -2.17. The van der Waals surface area contributed by atoms with Crippen LogP contribution in [0.15, 0.2) is 24.3 Å². The summed E-state index contributed by atoms with van der Waals surface area (Å²) in [6.07, 6.45) is 3.76. The van der Waals surface area contributed by atoms with Crippen molar-refractivity contribution in [1.29, 1.82) is 0 Å². The van der Waals surface area contributed by atoms with Crippen molar-refractivity contribution in [3.05, 3.63) is 40.5 Å². The van der Waals surface area contributed by atoms with Gasteiger partial charge in [-0.25, -0.2) is 0 Å². The molecule has 0 spiro atoms. The number of nitrogens with one attached hydrogen (secondary N) is 1. The van der Waals surface area contributed by atoms with E-state index in [2.05, 4.69) is 17.4 Å². The van der Waals surface area contributed by atoms with Crippen LogP contribution in [0, 0.1) is 5.92 Å². The average molecular weight is 273 g/mol. The second-order valence-electron chi connectivity index (χ2n) is 5.73. The van der Waals surface area contributed by atoms with E-state index in [-0.39, 0.29) is 0 Å². The molecule has 1 aromatic heterocycles. The highest BCUT2D eigenvalue weighted by molar-refractivity contribution is 6.35. The van der Waals surface area contributed by atoms with E-state index in [9.17, 15) is 0 Å². The van der Waals surface area contributed by atoms with E-state index in [4.69, 9.17) is 16.6 Å². The van der Waals surface area contributed by atoms with Gasteiger partial charge in [0.15, 0.2) is 0 Å². The quantitative estimate of drug-likeness (QED) is 0.859. The van der Waals surface area contributed by atoms with Crippen LogP contribution in [-0.4, -0.2) is 18.1 Å². The van der Waals surface area contributed by atoms with Crippen molar-refractivity contribution >= 4 is 22.5 Å². The van der Waals surface area contributed by atoms with Gasteiger partial charge in [-0.1, -0.05) is 17.7 Å². The fourth-order valence-corrected chi connectivity index (χ4v) is 3.45. The molecule has 0 bridgehead atoms. The lowest BCUT2D eigenvalue weighted by molar-refractivity contribution is 0.556. The second kappa shape index (κ2) is 4.46. The number of rotatable bonds is 1. The van der Waals surface area contributed by atoms with Crippen LogP contribution in [0.25, 0.3) is 10.9 Å². The van der Waals surface area contributed by atoms with Gasteiger partial charge in [-0.2, -0.15) is 0 Å². The third-order valence-electron chi connectivity index (χ3n) is 4.41. The Morgan fingerprint density at radius 1 is 1.26 bits per heavy atom. The minimum atomic E-state index is 0.630. The molecule has 1 atom stereocenters. The third kappa shape index (κ3) is 2.03. The Morgan fingerprint density at radius 2 is 2.16 bits per heavy atom. The summed E-state index contributed by atoms with van der Waals surface area (Å²) in [6.45, 7) is 2.13. The summed E-state index contributed by atoms with van der Waals surface area (Å²) in [4.78, 5) is 4.87. The standard InChI is InChI=1S/C16H17ClN2/c17-14-2-1-3-15-12(14)8-11-13(10-4-5-10)9-18-7-6-16(11)19-15/h1-3,8,10,13,18H,4-7,9H2. The van der Waals surface area contributed by atoms with Crippen molar-refractivity contribution < 1.29 is 0 Å². The molecular formula is C16H17ClN2. The first-order chi connectivity index (χ1) is 9.33. The first kappa shape index (κ1) is 11.7. The molecule has 3 heteroatoms. The number of halogens is 1. The molecule has 1 fully saturated rings. The molecule has 19 heavy (non-hydrogen) atoms. The van der Waals surface area contributed by atoms with Gasteiger partial charge < -0.3 is 5.32 Å². The van der Waals surface area contributed by atoms with Crippen molar-refractivity contribution in [2.75, 3.05) is 13.1 Å². The monoisotopic (exact) mass is 272 g/mol. The van der Waals surface area contributed by atoms with E-state index in [0.29, 0.717) is 5.92 Å². The van der Waals surface area contributed by atoms with Crippen LogP contribution in [0.2, 0.25) is 5.02 Å². The Morgan fingerprint density at radius 3 is 3.00 bits per heavy atom. The van der Waals surface area contributed by atoms with Crippen LogP contribution < -0.4 is 5.32 Å². The number of hydrogen-bond donors (Lipinski definition) is 1. The van der Waals surface area contributed by atoms with Gasteiger partial charge in [0.05, 0.1) is 5.52 Å². The normalized spacial score (nSPS) is 23.1. The number of fused-ring (bicyclic) bond motifs is 2. The van der Waals surface area contributed by atoms with Crippen LogP contribution in [0.1, 0.15) is 30.0 Å². The number of pyridine rings is 1. The molecule has 0 radical (unpaired) electrons. The summed E-state index contributed by atoms with van der Waals surface area (Å²) in [5, 5.41) is 5.49. The van der Waals surface area contributed by atoms with E-state index < -0.39 is 0 Å². The molecule has 2 nitrogen and oxygen atoms in total. The highest BCUT2D eigenvalue weighted by Gasteiger charge is 2.34. The van der Waals surface area contributed by atoms with Crippen LogP contribution in [-0.2, 0) is 6.42 Å². The van der Waals surface area contributed by atoms with E-state index >= 15 is 0 Å². The minimum absolute atomic E-state index is 0.630. The van der Waals surface area contributed by atoms with E-state index in [1.807, 2.05) is 12.1 Å². The molecule has 1 saturated carbocycles. The van der Waals surface area contributed by atoms with E-state index in [0.717, 1.165) is 41.4 Å². The van der Waals surface area contributed by atoms with Crippen LogP contribution in [0.4, 0.5) is 0 Å². The Bertz CT molecular complexity index is 634. The first-order valence-corrected chi connectivity index (χ1v) is 7.49. The molecule has 1 N–H and O–H groups in total. The molecule has 1 aromatic carbocycles. The molecular weight excluding hydrogens is 256 g/mol. The molecule has 1 aliphatic carbocycles. The number of aromatic nitrogens is 1. The van der Waals surface area contributed by atoms with Crippen molar-refractivity contribution in [3.63, 3.8) is 0 Å². The molecule has 4 rings (SSSR count). The third-order valence-corrected chi connectivity index (χ3v) is 4.74. The SMILES string of the molecule is Clc1cccc2nc3c(cc12)C(C1CC1)CNCC3. The van der Waals surface area contributed by atoms with E-state index in [1.54, 1.807) is 0 Å². The fraction of sp³-hybridized carbons (Fsp3) is 0.438. The van der Waals surface area contributed by atoms with Gasteiger partial charge in [0.2, 0.25) is 0 Å². The predicted molar refractivity (Wildman–Crippen MR) is 78.8 cm³/mol. The zero-order valence-corrected chi connectivity index (χ0v) is 11.6. The van der Waals surface area contributed by atoms with Crippen LogP contribution >= 0.6 is 11.6 Å². The van der Waals surface area contributed by atoms with Crippen molar-refractivity contribution in [2.24, 2.45) is 5.92 Å². The van der Waals surface area contributed by atoms with Gasteiger partial charge in [0, 0.05) is 41.5 Å². The first-order valence-electron chi connectivity index (χ1n) is 7.11. The largest absolute Gasteiger partial charge is 0.316 e. The minimum Gasteiger partial charge on any atom is -0.316 e. The van der Waals surface area contributed by atoms with E-state index in [1.165, 1.54) is 24.1 Å². The summed E-state index contributed by atoms with van der Waals surface area (Å²) < 4.78 is 0. The molecule has 2 aliphatic rings. The zero-order chi connectivity index (χ0) is 12.8. The molecule has 98 valence electrons. The van der Waals surface area contributed by atoms with Crippen LogP contribution in [0.5, 0.6) is 0 Å². The van der Waals surface area contributed by atoms with Gasteiger partial charge in [0.1, 0.15) is 0 Å². The Hall–Kier alpha value is -1.12. The fourth-order valence-electron chi connectivity index (χ4n) is 3.23. The summed E-state index contributed by atoms with van der Waals surface area (Å²) in [5.41, 5.74) is 3.74. The highest BCUT2D eigenvalue weighted by Crippen LogP contribution is 2.44. The van der Waals surface area contributed by atoms with Crippen LogP contribution in [0.3, 0.4) is 0 Å². The highest BCUT2D eigenvalue weighted by atomic mass is 35.5. The van der Waals surface area contributed by atoms with Crippen molar-refractivity contribution in [2.45, 2.75) is 25.2 Å². The summed E-state index contributed by atoms with van der Waals surface area (Å²) in [7, 11) is 0. The molecule has 0 amide bonds. The molecule has 1 aliphatic heterocycles. The van der Waals surface area contributed by atoms with Crippen molar-refractivity contribution in [3.8, 4) is 0 Å².